The van der Waals surface area contributed by atoms with Crippen LogP contribution in [0.25, 0.3) is 0 Å². The highest BCUT2D eigenvalue weighted by Crippen LogP contribution is 2.15. The van der Waals surface area contributed by atoms with E-state index in [4.69, 9.17) is 4.74 Å². The molecule has 1 N–H and O–H groups in total. The Hall–Kier alpha value is -1.25. The van der Waals surface area contributed by atoms with E-state index in [0.717, 1.165) is 31.0 Å². The first-order valence-electron chi connectivity index (χ1n) is 5.54. The summed E-state index contributed by atoms with van der Waals surface area (Å²) >= 11 is 0. The number of hydrogen-bond donors (Lipinski definition) is 1. The number of ether oxygens (including phenoxy) is 1. The van der Waals surface area contributed by atoms with Crippen molar-refractivity contribution in [3.8, 4) is 5.75 Å². The van der Waals surface area contributed by atoms with E-state index in [1.807, 2.05) is 6.07 Å². The molecule has 0 aliphatic heterocycles. The van der Waals surface area contributed by atoms with Crippen molar-refractivity contribution >= 4 is 5.69 Å². The van der Waals surface area contributed by atoms with Crippen LogP contribution in [0.15, 0.2) is 18.5 Å². The standard InChI is InChI=1S/C12H20N2O/c1-4-14-11-7-12(9-13-8-11)15-6-5-10(2)3/h7-10,14H,4-6H2,1-3H3. The van der Waals surface area contributed by atoms with Gasteiger partial charge in [-0.3, -0.25) is 4.98 Å². The normalized spacial score (nSPS) is 10.4. The van der Waals surface area contributed by atoms with Crippen molar-refractivity contribution in [3.05, 3.63) is 18.5 Å². The molecule has 0 fully saturated rings. The predicted molar refractivity (Wildman–Crippen MR) is 63.4 cm³/mol. The van der Waals surface area contributed by atoms with E-state index < -0.39 is 0 Å². The van der Waals surface area contributed by atoms with Crippen molar-refractivity contribution in [3.63, 3.8) is 0 Å². The molecule has 0 amide bonds. The summed E-state index contributed by atoms with van der Waals surface area (Å²) in [5, 5.41) is 3.20. The number of aromatic nitrogens is 1. The predicted octanol–water partition coefficient (Wildman–Crippen LogP) is 2.94. The lowest BCUT2D eigenvalue weighted by Gasteiger charge is -2.09. The van der Waals surface area contributed by atoms with Crippen LogP contribution >= 0.6 is 0 Å². The van der Waals surface area contributed by atoms with Gasteiger partial charge in [-0.25, -0.2) is 0 Å². The molecule has 0 unspecified atom stereocenters. The molecule has 1 rings (SSSR count). The first-order valence-corrected chi connectivity index (χ1v) is 5.54. The lowest BCUT2D eigenvalue weighted by Crippen LogP contribution is -2.02. The molecule has 15 heavy (non-hydrogen) atoms. The summed E-state index contributed by atoms with van der Waals surface area (Å²) in [5.74, 6) is 1.52. The number of anilines is 1. The number of pyridine rings is 1. The van der Waals surface area contributed by atoms with Gasteiger partial charge in [0.15, 0.2) is 0 Å². The second kappa shape index (κ2) is 6.27. The van der Waals surface area contributed by atoms with Gasteiger partial charge in [-0.05, 0) is 19.3 Å². The van der Waals surface area contributed by atoms with Crippen molar-refractivity contribution in [2.45, 2.75) is 27.2 Å². The van der Waals surface area contributed by atoms with Crippen LogP contribution in [0.4, 0.5) is 5.69 Å². The Balaban J connectivity index is 2.43. The molecule has 0 bridgehead atoms. The van der Waals surface area contributed by atoms with Crippen LogP contribution in [0.3, 0.4) is 0 Å². The average molecular weight is 208 g/mol. The maximum atomic E-state index is 5.60. The Labute approximate surface area is 91.9 Å². The molecule has 0 aromatic carbocycles. The monoisotopic (exact) mass is 208 g/mol. The summed E-state index contributed by atoms with van der Waals surface area (Å²) < 4.78 is 5.60. The second-order valence-corrected chi connectivity index (χ2v) is 3.97. The van der Waals surface area contributed by atoms with Crippen molar-refractivity contribution < 1.29 is 4.74 Å². The smallest absolute Gasteiger partial charge is 0.139 e. The average Bonchev–Trinajstić information content (AvgIpc) is 2.18. The number of hydrogen-bond acceptors (Lipinski definition) is 3. The summed E-state index contributed by atoms with van der Waals surface area (Å²) in [5.41, 5.74) is 1.01. The molecule has 3 nitrogen and oxygen atoms in total. The molecule has 0 saturated carbocycles. The first kappa shape index (κ1) is 11.8. The van der Waals surface area contributed by atoms with Crippen LogP contribution in [-0.2, 0) is 0 Å². The molecule has 3 heteroatoms. The molecule has 0 radical (unpaired) electrons. The number of nitrogens with zero attached hydrogens (tertiary/aromatic N) is 1. The van der Waals surface area contributed by atoms with Gasteiger partial charge in [0.2, 0.25) is 0 Å². The minimum atomic E-state index is 0.676. The Kier molecular flexibility index (Phi) is 4.95. The summed E-state index contributed by atoms with van der Waals surface area (Å²) in [6, 6.07) is 1.98. The van der Waals surface area contributed by atoms with E-state index in [9.17, 15) is 0 Å². The fourth-order valence-corrected chi connectivity index (χ4v) is 1.21. The zero-order chi connectivity index (χ0) is 11.1. The third-order valence-electron chi connectivity index (χ3n) is 2.06. The van der Waals surface area contributed by atoms with E-state index in [0.29, 0.717) is 5.92 Å². The second-order valence-electron chi connectivity index (χ2n) is 3.97. The van der Waals surface area contributed by atoms with Gasteiger partial charge < -0.3 is 10.1 Å². The van der Waals surface area contributed by atoms with Crippen LogP contribution in [0.1, 0.15) is 27.2 Å². The molecule has 0 atom stereocenters. The largest absolute Gasteiger partial charge is 0.492 e. The molecule has 0 saturated heterocycles. The Bertz CT molecular complexity index is 287. The highest BCUT2D eigenvalue weighted by Gasteiger charge is 1.98. The molecule has 1 heterocycles. The molecule has 1 aromatic rings. The molecule has 84 valence electrons. The Morgan fingerprint density at radius 2 is 2.20 bits per heavy atom. The maximum absolute atomic E-state index is 5.60. The highest BCUT2D eigenvalue weighted by atomic mass is 16.5. The molecule has 0 spiro atoms. The molecule has 0 aliphatic rings. The highest BCUT2D eigenvalue weighted by molar-refractivity contribution is 5.44. The lowest BCUT2D eigenvalue weighted by molar-refractivity contribution is 0.288. The van der Waals surface area contributed by atoms with E-state index in [1.165, 1.54) is 0 Å². The van der Waals surface area contributed by atoms with Crippen molar-refractivity contribution in [2.75, 3.05) is 18.5 Å². The summed E-state index contributed by atoms with van der Waals surface area (Å²) in [7, 11) is 0. The van der Waals surface area contributed by atoms with Crippen LogP contribution < -0.4 is 10.1 Å². The van der Waals surface area contributed by atoms with E-state index in [1.54, 1.807) is 12.4 Å². The Morgan fingerprint density at radius 1 is 1.40 bits per heavy atom. The molecular weight excluding hydrogens is 188 g/mol. The Morgan fingerprint density at radius 3 is 2.87 bits per heavy atom. The lowest BCUT2D eigenvalue weighted by atomic mass is 10.1. The molecular formula is C12H20N2O. The van der Waals surface area contributed by atoms with Crippen molar-refractivity contribution in [1.82, 2.24) is 4.98 Å². The minimum Gasteiger partial charge on any atom is -0.492 e. The number of nitrogens with one attached hydrogen (secondary N) is 1. The summed E-state index contributed by atoms with van der Waals surface area (Å²) in [4.78, 5) is 4.11. The maximum Gasteiger partial charge on any atom is 0.139 e. The summed E-state index contributed by atoms with van der Waals surface area (Å²) in [6.07, 6.45) is 4.63. The van der Waals surface area contributed by atoms with Crippen LogP contribution in [0.5, 0.6) is 5.75 Å². The van der Waals surface area contributed by atoms with Gasteiger partial charge in [0, 0.05) is 12.6 Å². The zero-order valence-corrected chi connectivity index (χ0v) is 9.79. The molecule has 1 aromatic heterocycles. The van der Waals surface area contributed by atoms with E-state index in [-0.39, 0.29) is 0 Å². The zero-order valence-electron chi connectivity index (χ0n) is 9.79. The van der Waals surface area contributed by atoms with Crippen molar-refractivity contribution in [2.24, 2.45) is 5.92 Å². The van der Waals surface area contributed by atoms with Gasteiger partial charge in [-0.1, -0.05) is 13.8 Å². The van der Waals surface area contributed by atoms with E-state index >= 15 is 0 Å². The van der Waals surface area contributed by atoms with Gasteiger partial charge in [0.25, 0.3) is 0 Å². The molecule has 0 aliphatic carbocycles. The number of rotatable bonds is 6. The van der Waals surface area contributed by atoms with Crippen LogP contribution in [-0.4, -0.2) is 18.1 Å². The summed E-state index contributed by atoms with van der Waals surface area (Å²) in [6.45, 7) is 8.10. The van der Waals surface area contributed by atoms with Gasteiger partial charge in [0.1, 0.15) is 5.75 Å². The fraction of sp³-hybridized carbons (Fsp3) is 0.583. The quantitative estimate of drug-likeness (QED) is 0.780. The van der Waals surface area contributed by atoms with Crippen LogP contribution in [0, 0.1) is 5.92 Å². The SMILES string of the molecule is CCNc1cncc(OCCC(C)C)c1. The van der Waals surface area contributed by atoms with Crippen molar-refractivity contribution in [1.29, 1.82) is 0 Å². The van der Waals surface area contributed by atoms with Gasteiger partial charge in [0.05, 0.1) is 24.7 Å². The van der Waals surface area contributed by atoms with E-state index in [2.05, 4.69) is 31.1 Å². The third-order valence-corrected chi connectivity index (χ3v) is 2.06. The third kappa shape index (κ3) is 4.68. The fourth-order valence-electron chi connectivity index (χ4n) is 1.21. The van der Waals surface area contributed by atoms with Gasteiger partial charge in [-0.15, -0.1) is 0 Å². The van der Waals surface area contributed by atoms with Gasteiger partial charge >= 0.3 is 0 Å². The first-order chi connectivity index (χ1) is 7.22. The minimum absolute atomic E-state index is 0.676. The van der Waals surface area contributed by atoms with Gasteiger partial charge in [-0.2, -0.15) is 0 Å². The van der Waals surface area contributed by atoms with Crippen LogP contribution in [0.2, 0.25) is 0 Å². The topological polar surface area (TPSA) is 34.2 Å².